The fraction of sp³-hybridized carbons (Fsp3) is 0.259. The minimum Gasteiger partial charge on any atom is -0.389 e. The molecule has 2 atom stereocenters. The minimum atomic E-state index is -0.733. The molecule has 1 saturated heterocycles. The van der Waals surface area contributed by atoms with Gasteiger partial charge in [0.05, 0.1) is 47.9 Å². The van der Waals surface area contributed by atoms with Crippen molar-refractivity contribution in [1.82, 2.24) is 24.3 Å². The highest BCUT2D eigenvalue weighted by Gasteiger charge is 2.27. The molecule has 8 heteroatoms. The summed E-state index contributed by atoms with van der Waals surface area (Å²) in [5.41, 5.74) is 4.49. The van der Waals surface area contributed by atoms with Crippen LogP contribution in [-0.4, -0.2) is 48.7 Å². The van der Waals surface area contributed by atoms with Gasteiger partial charge in [0, 0.05) is 37.0 Å². The van der Waals surface area contributed by atoms with Gasteiger partial charge >= 0.3 is 0 Å². The molecule has 0 radical (unpaired) electrons. The van der Waals surface area contributed by atoms with E-state index in [0.717, 1.165) is 33.2 Å². The zero-order chi connectivity index (χ0) is 23.9. The molecule has 0 bridgehead atoms. The standard InChI is InChI=1S/C27H25N5O3/c1-31-14-19(13-30-31)23-11-17(6-8-28-23)10-18-12-22-26(21-5-3-2-4-20(18)21)29-16-32(27(22)34)24-7-9-35-15-25(24)33/h2-6,8,11-14,16,24-25,33H,7,9-10,15H2,1H3/t24-,25-/m0/s1. The van der Waals surface area contributed by atoms with Crippen LogP contribution < -0.4 is 5.56 Å². The van der Waals surface area contributed by atoms with Crippen molar-refractivity contribution in [2.45, 2.75) is 25.0 Å². The zero-order valence-electron chi connectivity index (χ0n) is 19.3. The van der Waals surface area contributed by atoms with E-state index in [2.05, 4.69) is 27.2 Å². The fourth-order valence-electron chi connectivity index (χ4n) is 4.98. The molecule has 1 N–H and O–H groups in total. The molecular weight excluding hydrogens is 442 g/mol. The van der Waals surface area contributed by atoms with Crippen molar-refractivity contribution in [1.29, 1.82) is 0 Å². The molecule has 1 aliphatic heterocycles. The van der Waals surface area contributed by atoms with Crippen molar-refractivity contribution >= 4 is 21.7 Å². The number of ether oxygens (including phenoxy) is 1. The first-order valence-corrected chi connectivity index (χ1v) is 11.7. The number of fused-ring (bicyclic) bond motifs is 3. The number of hydrogen-bond acceptors (Lipinski definition) is 6. The molecule has 35 heavy (non-hydrogen) atoms. The number of nitrogens with zero attached hydrogens (tertiary/aromatic N) is 5. The average Bonchev–Trinajstić information content (AvgIpc) is 3.32. The highest BCUT2D eigenvalue weighted by Crippen LogP contribution is 2.29. The maximum absolute atomic E-state index is 13.6. The van der Waals surface area contributed by atoms with E-state index in [9.17, 15) is 9.90 Å². The van der Waals surface area contributed by atoms with E-state index in [-0.39, 0.29) is 18.2 Å². The Labute approximate surface area is 201 Å². The Morgan fingerprint density at radius 1 is 1.11 bits per heavy atom. The molecule has 176 valence electrons. The Bertz CT molecular complexity index is 1610. The highest BCUT2D eigenvalue weighted by molar-refractivity contribution is 6.06. The van der Waals surface area contributed by atoms with Gasteiger partial charge in [0.15, 0.2) is 0 Å². The van der Waals surface area contributed by atoms with Crippen LogP contribution in [0.25, 0.3) is 32.9 Å². The van der Waals surface area contributed by atoms with Gasteiger partial charge in [0.1, 0.15) is 0 Å². The van der Waals surface area contributed by atoms with Gasteiger partial charge in [-0.2, -0.15) is 5.10 Å². The highest BCUT2D eigenvalue weighted by atomic mass is 16.5. The van der Waals surface area contributed by atoms with Crippen molar-refractivity contribution in [3.63, 3.8) is 0 Å². The second-order valence-corrected chi connectivity index (χ2v) is 9.06. The van der Waals surface area contributed by atoms with E-state index in [1.54, 1.807) is 21.8 Å². The van der Waals surface area contributed by atoms with Gasteiger partial charge in [-0.3, -0.25) is 19.0 Å². The summed E-state index contributed by atoms with van der Waals surface area (Å²) in [6, 6.07) is 13.7. The predicted octanol–water partition coefficient (Wildman–Crippen LogP) is 3.26. The summed E-state index contributed by atoms with van der Waals surface area (Å²) in [4.78, 5) is 22.8. The van der Waals surface area contributed by atoms with E-state index >= 15 is 0 Å². The first-order valence-electron chi connectivity index (χ1n) is 11.7. The van der Waals surface area contributed by atoms with Crippen LogP contribution in [0.4, 0.5) is 0 Å². The summed E-state index contributed by atoms with van der Waals surface area (Å²) in [5, 5.41) is 17.3. The molecule has 0 spiro atoms. The lowest BCUT2D eigenvalue weighted by molar-refractivity contribution is -0.0395. The molecule has 4 heterocycles. The molecule has 1 aliphatic rings. The maximum atomic E-state index is 13.6. The minimum absolute atomic E-state index is 0.140. The van der Waals surface area contributed by atoms with Crippen LogP contribution in [-0.2, 0) is 18.2 Å². The second-order valence-electron chi connectivity index (χ2n) is 9.06. The molecule has 2 aromatic carbocycles. The smallest absolute Gasteiger partial charge is 0.261 e. The van der Waals surface area contributed by atoms with Gasteiger partial charge in [-0.25, -0.2) is 4.98 Å². The van der Waals surface area contributed by atoms with Crippen LogP contribution in [0.3, 0.4) is 0 Å². The molecule has 0 aliphatic carbocycles. The number of rotatable bonds is 4. The Kier molecular flexibility index (Phi) is 5.39. The molecular formula is C27H25N5O3. The third-order valence-electron chi connectivity index (χ3n) is 6.75. The third kappa shape index (κ3) is 3.90. The van der Waals surface area contributed by atoms with Crippen LogP contribution in [0.15, 0.2) is 72.2 Å². The topological polar surface area (TPSA) is 95.1 Å². The number of aromatic nitrogens is 5. The van der Waals surface area contributed by atoms with Crippen LogP contribution in [0.2, 0.25) is 0 Å². The van der Waals surface area contributed by atoms with Crippen LogP contribution >= 0.6 is 0 Å². The Balaban J connectivity index is 1.48. The fourth-order valence-corrected chi connectivity index (χ4v) is 4.98. The number of pyridine rings is 1. The summed E-state index contributed by atoms with van der Waals surface area (Å²) in [6.45, 7) is 0.732. The summed E-state index contributed by atoms with van der Waals surface area (Å²) >= 11 is 0. The molecule has 0 unspecified atom stereocenters. The summed E-state index contributed by atoms with van der Waals surface area (Å²) < 4.78 is 8.68. The van der Waals surface area contributed by atoms with Crippen molar-refractivity contribution in [3.05, 3.63) is 88.9 Å². The summed E-state index contributed by atoms with van der Waals surface area (Å²) in [7, 11) is 1.88. The summed E-state index contributed by atoms with van der Waals surface area (Å²) in [6.07, 6.45) is 7.60. The summed E-state index contributed by atoms with van der Waals surface area (Å²) in [5.74, 6) is 0. The van der Waals surface area contributed by atoms with E-state index in [1.165, 1.54) is 0 Å². The number of aliphatic hydroxyl groups excluding tert-OH is 1. The Morgan fingerprint density at radius 3 is 2.77 bits per heavy atom. The SMILES string of the molecule is Cn1cc(-c2cc(Cc3cc4c(=O)n([C@H]5CCOC[C@@H]5O)cnc4c4ccccc34)ccn2)cn1. The van der Waals surface area contributed by atoms with E-state index in [1.807, 2.05) is 49.8 Å². The average molecular weight is 468 g/mol. The van der Waals surface area contributed by atoms with Gasteiger partial charge in [-0.05, 0) is 47.6 Å². The van der Waals surface area contributed by atoms with Crippen molar-refractivity contribution in [2.75, 3.05) is 13.2 Å². The van der Waals surface area contributed by atoms with E-state index < -0.39 is 6.10 Å². The van der Waals surface area contributed by atoms with E-state index in [0.29, 0.717) is 30.4 Å². The lowest BCUT2D eigenvalue weighted by Gasteiger charge is -2.29. The lowest BCUT2D eigenvalue weighted by atomic mass is 9.95. The lowest BCUT2D eigenvalue weighted by Crippen LogP contribution is -2.39. The van der Waals surface area contributed by atoms with Crippen molar-refractivity contribution in [3.8, 4) is 11.3 Å². The van der Waals surface area contributed by atoms with Gasteiger partial charge < -0.3 is 9.84 Å². The molecule has 0 amide bonds. The molecule has 1 fully saturated rings. The molecule has 3 aromatic heterocycles. The normalized spacial score (nSPS) is 18.3. The molecule has 6 rings (SSSR count). The van der Waals surface area contributed by atoms with Gasteiger partial charge in [-0.15, -0.1) is 0 Å². The zero-order valence-corrected chi connectivity index (χ0v) is 19.3. The Morgan fingerprint density at radius 2 is 1.97 bits per heavy atom. The first kappa shape index (κ1) is 21.6. The van der Waals surface area contributed by atoms with Crippen LogP contribution in [0, 0.1) is 0 Å². The molecule has 5 aromatic rings. The van der Waals surface area contributed by atoms with Crippen molar-refractivity contribution in [2.24, 2.45) is 7.05 Å². The number of hydrogen-bond donors (Lipinski definition) is 1. The Hall–Kier alpha value is -3.88. The van der Waals surface area contributed by atoms with Crippen molar-refractivity contribution < 1.29 is 9.84 Å². The number of aliphatic hydroxyl groups is 1. The van der Waals surface area contributed by atoms with Gasteiger partial charge in [-0.1, -0.05) is 24.3 Å². The third-order valence-corrected chi connectivity index (χ3v) is 6.75. The number of benzene rings is 2. The maximum Gasteiger partial charge on any atom is 0.261 e. The monoisotopic (exact) mass is 467 g/mol. The first-order chi connectivity index (χ1) is 17.1. The van der Waals surface area contributed by atoms with Crippen LogP contribution in [0.5, 0.6) is 0 Å². The predicted molar refractivity (Wildman–Crippen MR) is 133 cm³/mol. The van der Waals surface area contributed by atoms with Gasteiger partial charge in [0.25, 0.3) is 5.56 Å². The van der Waals surface area contributed by atoms with E-state index in [4.69, 9.17) is 4.74 Å². The quantitative estimate of drug-likeness (QED) is 0.408. The van der Waals surface area contributed by atoms with Gasteiger partial charge in [0.2, 0.25) is 0 Å². The second kappa shape index (κ2) is 8.72. The molecule has 8 nitrogen and oxygen atoms in total. The molecule has 0 saturated carbocycles. The van der Waals surface area contributed by atoms with Crippen LogP contribution in [0.1, 0.15) is 23.6 Å². The largest absolute Gasteiger partial charge is 0.389 e. The number of aryl methyl sites for hydroxylation is 1.